The monoisotopic (exact) mass is 1230 g/mol. The van der Waals surface area contributed by atoms with Crippen LogP contribution in [0.4, 0.5) is 0 Å². The van der Waals surface area contributed by atoms with Gasteiger partial charge in [0.25, 0.3) is 0 Å². The van der Waals surface area contributed by atoms with Gasteiger partial charge in [0.2, 0.25) is 0 Å². The van der Waals surface area contributed by atoms with Crippen LogP contribution in [0.3, 0.4) is 0 Å². The summed E-state index contributed by atoms with van der Waals surface area (Å²) in [6, 6.07) is 31.9. The Bertz CT molecular complexity index is 3100. The van der Waals surface area contributed by atoms with Gasteiger partial charge in [0.05, 0.1) is 29.6 Å². The van der Waals surface area contributed by atoms with E-state index in [4.69, 9.17) is 42.6 Å². The number of unbranched alkanes of at least 4 members (excludes halogenated alkanes) is 5. The molecule has 0 aliphatic rings. The molecule has 89 heavy (non-hydrogen) atoms. The van der Waals surface area contributed by atoms with E-state index in [9.17, 15) is 39.6 Å². The molecule has 6 aromatic carbocycles. The van der Waals surface area contributed by atoms with E-state index >= 15 is 0 Å². The number of aliphatic hydroxyl groups excluding tert-OH is 4. The summed E-state index contributed by atoms with van der Waals surface area (Å²) in [7, 11) is 0. The minimum atomic E-state index is -1.27. The Balaban J connectivity index is 1.29. The number of aryl methyl sites for hydroxylation is 1. The summed E-state index contributed by atoms with van der Waals surface area (Å²) < 4.78 is 53.1. The van der Waals surface area contributed by atoms with Crippen molar-refractivity contribution >= 4 is 45.4 Å². The zero-order valence-electron chi connectivity index (χ0n) is 52.9. The second-order valence-corrected chi connectivity index (χ2v) is 22.7. The van der Waals surface area contributed by atoms with Gasteiger partial charge in [-0.15, -0.1) is 0 Å². The molecule has 6 rings (SSSR count). The Kier molecular flexibility index (Phi) is 30.3. The molecule has 6 atom stereocenters. The van der Waals surface area contributed by atoms with Crippen molar-refractivity contribution in [2.24, 2.45) is 11.8 Å². The van der Waals surface area contributed by atoms with E-state index in [0.717, 1.165) is 80.5 Å². The Morgan fingerprint density at radius 3 is 1.21 bits per heavy atom. The molecule has 0 aliphatic carbocycles. The van der Waals surface area contributed by atoms with Crippen LogP contribution in [0.15, 0.2) is 109 Å². The van der Waals surface area contributed by atoms with E-state index in [0.29, 0.717) is 88.5 Å². The first kappa shape index (κ1) is 70.6. The number of aliphatic hydroxyl groups is 4. The van der Waals surface area contributed by atoms with Gasteiger partial charge in [-0.2, -0.15) is 0 Å². The first-order valence-corrected chi connectivity index (χ1v) is 32.0. The summed E-state index contributed by atoms with van der Waals surface area (Å²) in [4.78, 5) is 52.1. The Hall–Kier alpha value is -7.44. The highest BCUT2D eigenvalue weighted by molar-refractivity contribution is 5.93. The average molecular weight is 1230 g/mol. The lowest BCUT2D eigenvalue weighted by Gasteiger charge is -2.21. The predicted molar refractivity (Wildman–Crippen MR) is 342 cm³/mol. The third kappa shape index (κ3) is 23.1. The summed E-state index contributed by atoms with van der Waals surface area (Å²) >= 11 is 0. The Morgan fingerprint density at radius 2 is 0.787 bits per heavy atom. The molecule has 0 radical (unpaired) electrons. The number of fused-ring (bicyclic) bond motifs is 2. The number of carbonyl (C=O) groups excluding carboxylic acids is 4. The fourth-order valence-corrected chi connectivity index (χ4v) is 10.0. The highest BCUT2D eigenvalue weighted by atomic mass is 16.6. The van der Waals surface area contributed by atoms with Gasteiger partial charge in [0, 0.05) is 17.5 Å². The molecule has 17 nitrogen and oxygen atoms in total. The summed E-state index contributed by atoms with van der Waals surface area (Å²) in [6.07, 6.45) is 7.73. The zero-order valence-corrected chi connectivity index (χ0v) is 52.9. The van der Waals surface area contributed by atoms with Gasteiger partial charge in [-0.1, -0.05) is 123 Å². The maximum absolute atomic E-state index is 13.1. The van der Waals surface area contributed by atoms with Crippen molar-refractivity contribution in [1.82, 2.24) is 0 Å². The minimum absolute atomic E-state index is 0.0870. The van der Waals surface area contributed by atoms with Gasteiger partial charge < -0.3 is 63.1 Å². The highest BCUT2D eigenvalue weighted by Gasteiger charge is 2.24. The molecule has 17 heteroatoms. The summed E-state index contributed by atoms with van der Waals surface area (Å²) in [5.74, 6) is -0.392. The van der Waals surface area contributed by atoms with Gasteiger partial charge >= 0.3 is 23.9 Å². The van der Waals surface area contributed by atoms with Crippen molar-refractivity contribution < 1.29 is 82.2 Å². The van der Waals surface area contributed by atoms with Crippen molar-refractivity contribution in [3.05, 3.63) is 137 Å². The SMILES string of the molecule is CCCCCc1ccc(C(=O)OCC(O)COc2ccc3ccc(OCC(O)COC(=O)c4ccc(OCCCC)cc4)c(Cc4c(OCC(O)COC(=O)C(CC)CCCC)ccc5ccc(OCC(O)COC(=O)C(CC)CCCC)cc45)c3c2)cc1. The van der Waals surface area contributed by atoms with E-state index in [1.54, 1.807) is 72.8 Å². The number of esters is 4. The van der Waals surface area contributed by atoms with Crippen molar-refractivity contribution in [2.75, 3.05) is 59.5 Å². The van der Waals surface area contributed by atoms with Gasteiger partial charge in [0.15, 0.2) is 0 Å². The normalized spacial score (nSPS) is 13.4. The molecule has 0 amide bonds. The standard InChI is InChI=1S/C72H94O17/c1-7-13-17-18-49-21-23-54(24-22-49)71(79)88-46-57(74)42-83-62-34-26-53-30-36-68(85-44-59(76)48-89-72(80)55-27-31-60(32-28-55)81-37-16-10-4)66(64(53)39-62)40-65-63-38-61(82-41-56(73)45-86-69(77)50(11-5)19-14-8-2)33-25-52(63)29-35-67(65)84-43-58(75)47-87-70(78)51(12-6)20-15-9-3/h21-36,38-39,50-51,56-59,73-76H,7-20,37,40-48H2,1-6H3. The van der Waals surface area contributed by atoms with Gasteiger partial charge in [0.1, 0.15) is 106 Å². The first-order valence-electron chi connectivity index (χ1n) is 32.0. The van der Waals surface area contributed by atoms with Gasteiger partial charge in [-0.25, -0.2) is 9.59 Å². The molecule has 0 aliphatic heterocycles. The van der Waals surface area contributed by atoms with Gasteiger partial charge in [-0.05, 0) is 145 Å². The van der Waals surface area contributed by atoms with E-state index in [-0.39, 0.29) is 88.6 Å². The summed E-state index contributed by atoms with van der Waals surface area (Å²) in [5.41, 5.74) is 3.00. The van der Waals surface area contributed by atoms with E-state index in [1.807, 2.05) is 50.2 Å². The van der Waals surface area contributed by atoms with Crippen LogP contribution < -0.4 is 23.7 Å². The molecule has 6 unspecified atom stereocenters. The first-order chi connectivity index (χ1) is 43.2. The van der Waals surface area contributed by atoms with Crippen LogP contribution in [0.5, 0.6) is 28.7 Å². The van der Waals surface area contributed by atoms with Crippen LogP contribution in [0.2, 0.25) is 0 Å². The second-order valence-electron chi connectivity index (χ2n) is 22.7. The number of rotatable bonds is 42. The lowest BCUT2D eigenvalue weighted by atomic mass is 9.93. The van der Waals surface area contributed by atoms with Crippen LogP contribution in [0, 0.1) is 11.8 Å². The van der Waals surface area contributed by atoms with Crippen molar-refractivity contribution in [2.45, 2.75) is 162 Å². The molecule has 6 aromatic rings. The summed E-state index contributed by atoms with van der Waals surface area (Å²) in [5, 5.41) is 47.5. The molecule has 0 saturated heterocycles. The molecular formula is C72H94O17. The highest BCUT2D eigenvalue weighted by Crippen LogP contribution is 2.39. The van der Waals surface area contributed by atoms with E-state index < -0.39 is 36.4 Å². The minimum Gasteiger partial charge on any atom is -0.494 e. The van der Waals surface area contributed by atoms with Crippen molar-refractivity contribution in [3.8, 4) is 28.7 Å². The molecule has 0 fully saturated rings. The molecule has 484 valence electrons. The average Bonchev–Trinajstić information content (AvgIpc) is 1.19. The lowest BCUT2D eigenvalue weighted by Crippen LogP contribution is -2.28. The topological polar surface area (TPSA) is 232 Å². The molecule has 0 saturated carbocycles. The molecule has 0 heterocycles. The van der Waals surface area contributed by atoms with Crippen LogP contribution in [-0.2, 0) is 41.4 Å². The largest absolute Gasteiger partial charge is 0.494 e. The Labute approximate surface area is 524 Å². The zero-order chi connectivity index (χ0) is 63.9. The van der Waals surface area contributed by atoms with Crippen LogP contribution in [0.1, 0.15) is 162 Å². The fourth-order valence-electron chi connectivity index (χ4n) is 10.0. The molecular weight excluding hydrogens is 1140 g/mol. The van der Waals surface area contributed by atoms with Crippen LogP contribution in [0.25, 0.3) is 21.5 Å². The maximum atomic E-state index is 13.1. The third-order valence-corrected chi connectivity index (χ3v) is 15.5. The molecule has 4 N–H and O–H groups in total. The molecule has 0 spiro atoms. The van der Waals surface area contributed by atoms with Crippen molar-refractivity contribution in [1.29, 1.82) is 0 Å². The second kappa shape index (κ2) is 38.2. The summed E-state index contributed by atoms with van der Waals surface area (Å²) in [6.45, 7) is 10.6. The van der Waals surface area contributed by atoms with E-state index in [1.165, 1.54) is 0 Å². The van der Waals surface area contributed by atoms with Crippen LogP contribution in [-0.4, -0.2) is 128 Å². The number of carbonyl (C=O) groups is 4. The number of benzene rings is 6. The number of hydrogen-bond donors (Lipinski definition) is 4. The van der Waals surface area contributed by atoms with E-state index in [2.05, 4.69) is 27.7 Å². The number of hydrogen-bond acceptors (Lipinski definition) is 17. The van der Waals surface area contributed by atoms with Gasteiger partial charge in [-0.3, -0.25) is 9.59 Å². The fraction of sp³-hybridized carbons (Fsp3) is 0.500. The molecule has 0 bridgehead atoms. The third-order valence-electron chi connectivity index (χ3n) is 15.5. The smallest absolute Gasteiger partial charge is 0.338 e. The lowest BCUT2D eigenvalue weighted by molar-refractivity contribution is -0.153. The predicted octanol–water partition coefficient (Wildman–Crippen LogP) is 12.7. The maximum Gasteiger partial charge on any atom is 0.338 e. The number of ether oxygens (including phenoxy) is 9. The van der Waals surface area contributed by atoms with Crippen molar-refractivity contribution in [3.63, 3.8) is 0 Å². The Morgan fingerprint density at radius 1 is 0.393 bits per heavy atom. The molecule has 0 aromatic heterocycles. The quantitative estimate of drug-likeness (QED) is 0.0158. The van der Waals surface area contributed by atoms with Crippen LogP contribution >= 0.6 is 0 Å².